The highest BCUT2D eigenvalue weighted by Gasteiger charge is 2.23. The van der Waals surface area contributed by atoms with Crippen LogP contribution >= 0.6 is 0 Å². The Morgan fingerprint density at radius 3 is 2.00 bits per heavy atom. The molecule has 1 aliphatic carbocycles. The van der Waals surface area contributed by atoms with E-state index in [1.165, 1.54) is 24.0 Å². The van der Waals surface area contributed by atoms with Crippen LogP contribution in [0.15, 0.2) is 84.9 Å². The molecule has 1 heterocycles. The third kappa shape index (κ3) is 7.58. The smallest absolute Gasteiger partial charge is 0.225 e. The van der Waals surface area contributed by atoms with Crippen molar-refractivity contribution < 1.29 is 0 Å². The molecule has 0 radical (unpaired) electrons. The number of nitrogens with zero attached hydrogens (tertiary/aromatic N) is 4. The molecule has 0 spiro atoms. The van der Waals surface area contributed by atoms with Crippen molar-refractivity contribution in [1.29, 1.82) is 0 Å². The summed E-state index contributed by atoms with van der Waals surface area (Å²) in [6.07, 6.45) is 4.77. The highest BCUT2D eigenvalue weighted by molar-refractivity contribution is 5.90. The van der Waals surface area contributed by atoms with Gasteiger partial charge in [0.05, 0.1) is 5.52 Å². The molecule has 0 amide bonds. The van der Waals surface area contributed by atoms with E-state index in [1.807, 2.05) is 26.2 Å². The molecule has 0 saturated heterocycles. The van der Waals surface area contributed by atoms with E-state index in [1.54, 1.807) is 0 Å². The fourth-order valence-corrected chi connectivity index (χ4v) is 5.79. The van der Waals surface area contributed by atoms with Gasteiger partial charge in [-0.3, -0.25) is 4.90 Å². The number of anilines is 2. The van der Waals surface area contributed by atoms with Gasteiger partial charge in [0.2, 0.25) is 5.95 Å². The summed E-state index contributed by atoms with van der Waals surface area (Å²) in [5.74, 6) is 2.43. The zero-order valence-corrected chi connectivity index (χ0v) is 24.3. The van der Waals surface area contributed by atoms with Crippen molar-refractivity contribution >= 4 is 22.7 Å². The molecule has 1 fully saturated rings. The summed E-state index contributed by atoms with van der Waals surface area (Å²) in [5, 5.41) is 8.56. The van der Waals surface area contributed by atoms with Gasteiger partial charge in [-0.25, -0.2) is 4.98 Å². The van der Waals surface area contributed by atoms with E-state index >= 15 is 0 Å². The number of hydrogen-bond acceptors (Lipinski definition) is 6. The summed E-state index contributed by atoms with van der Waals surface area (Å²) in [4.78, 5) is 14.3. The molecular weight excluding hydrogens is 492 g/mol. The van der Waals surface area contributed by atoms with Crippen molar-refractivity contribution in [2.24, 2.45) is 5.92 Å². The standard InChI is InChI=1S/C34H44N6/c1-26(40(24-28-12-6-4-7-13-28)25-29-14-8-5-9-15-29)22-35-23-27-18-20-30(21-19-27)36-34-37-32-17-11-10-16-31(32)33(38-34)39(2)3/h4-17,26-27,30,35H,18-25H2,1-3H3,(H,36,37,38)/t26-,27-,30+/m0/s1. The van der Waals surface area contributed by atoms with E-state index in [4.69, 9.17) is 9.97 Å². The average Bonchev–Trinajstić information content (AvgIpc) is 2.98. The van der Waals surface area contributed by atoms with Gasteiger partial charge in [0, 0.05) is 51.2 Å². The Balaban J connectivity index is 1.10. The summed E-state index contributed by atoms with van der Waals surface area (Å²) < 4.78 is 0. The first-order valence-corrected chi connectivity index (χ1v) is 14.8. The molecule has 40 heavy (non-hydrogen) atoms. The average molecular weight is 537 g/mol. The highest BCUT2D eigenvalue weighted by Crippen LogP contribution is 2.28. The lowest BCUT2D eigenvalue weighted by atomic mass is 9.86. The summed E-state index contributed by atoms with van der Waals surface area (Å²) >= 11 is 0. The first-order valence-electron chi connectivity index (χ1n) is 14.8. The molecule has 0 bridgehead atoms. The summed E-state index contributed by atoms with van der Waals surface area (Å²) in [6, 6.07) is 30.8. The maximum Gasteiger partial charge on any atom is 0.225 e. The van der Waals surface area contributed by atoms with Crippen LogP contribution in [0.25, 0.3) is 10.9 Å². The van der Waals surface area contributed by atoms with Gasteiger partial charge in [0.25, 0.3) is 0 Å². The van der Waals surface area contributed by atoms with Gasteiger partial charge in [-0.15, -0.1) is 0 Å². The lowest BCUT2D eigenvalue weighted by molar-refractivity contribution is 0.183. The molecule has 210 valence electrons. The maximum atomic E-state index is 4.85. The van der Waals surface area contributed by atoms with Gasteiger partial charge in [-0.1, -0.05) is 72.8 Å². The molecule has 0 aliphatic heterocycles. The monoisotopic (exact) mass is 536 g/mol. The van der Waals surface area contributed by atoms with Gasteiger partial charge in [-0.05, 0) is 68.3 Å². The Bertz CT molecular complexity index is 1280. The van der Waals surface area contributed by atoms with E-state index in [-0.39, 0.29) is 0 Å². The summed E-state index contributed by atoms with van der Waals surface area (Å²) in [5.41, 5.74) is 3.72. The van der Waals surface area contributed by atoms with E-state index in [2.05, 4.69) is 100 Å². The molecule has 5 rings (SSSR count). The SMILES string of the molecule is C[C@@H](CNC[C@H]1CC[C@@H](Nc2nc(N(C)C)c3ccccc3n2)CC1)N(Cc1ccccc1)Cc1ccccc1. The maximum absolute atomic E-state index is 4.85. The van der Waals surface area contributed by atoms with Gasteiger partial charge in [0.1, 0.15) is 5.82 Å². The molecule has 6 heteroatoms. The molecule has 1 aromatic heterocycles. The summed E-state index contributed by atoms with van der Waals surface area (Å²) in [6.45, 7) is 6.35. The second-order valence-electron chi connectivity index (χ2n) is 11.5. The molecule has 3 aromatic carbocycles. The van der Waals surface area contributed by atoms with E-state index in [0.29, 0.717) is 12.1 Å². The third-order valence-electron chi connectivity index (χ3n) is 8.14. The Labute approximate surface area is 239 Å². The van der Waals surface area contributed by atoms with E-state index in [9.17, 15) is 0 Å². The Morgan fingerprint density at radius 1 is 0.775 bits per heavy atom. The lowest BCUT2D eigenvalue weighted by Gasteiger charge is -2.32. The molecule has 2 N–H and O–H groups in total. The Morgan fingerprint density at radius 2 is 1.38 bits per heavy atom. The molecule has 4 aromatic rings. The van der Waals surface area contributed by atoms with Crippen LogP contribution in [0.4, 0.5) is 11.8 Å². The quantitative estimate of drug-likeness (QED) is 0.220. The van der Waals surface area contributed by atoms with Crippen molar-refractivity contribution in [1.82, 2.24) is 20.2 Å². The molecule has 1 aliphatic rings. The second-order valence-corrected chi connectivity index (χ2v) is 11.5. The first-order chi connectivity index (χ1) is 19.5. The van der Waals surface area contributed by atoms with Crippen molar-refractivity contribution in [2.75, 3.05) is 37.4 Å². The van der Waals surface area contributed by atoms with Gasteiger partial charge in [-0.2, -0.15) is 4.98 Å². The van der Waals surface area contributed by atoms with Crippen molar-refractivity contribution in [2.45, 2.75) is 57.8 Å². The van der Waals surface area contributed by atoms with Gasteiger partial charge < -0.3 is 15.5 Å². The van der Waals surface area contributed by atoms with Gasteiger partial charge >= 0.3 is 0 Å². The molecular formula is C34H44N6. The first kappa shape index (κ1) is 28.1. The van der Waals surface area contributed by atoms with Crippen LogP contribution in [0.3, 0.4) is 0 Å². The van der Waals surface area contributed by atoms with Crippen molar-refractivity contribution in [3.05, 3.63) is 96.1 Å². The zero-order valence-electron chi connectivity index (χ0n) is 24.3. The molecule has 0 unspecified atom stereocenters. The highest BCUT2D eigenvalue weighted by atomic mass is 15.2. The summed E-state index contributed by atoms with van der Waals surface area (Å²) in [7, 11) is 4.08. The number of aromatic nitrogens is 2. The van der Waals surface area contributed by atoms with Crippen molar-refractivity contribution in [3.63, 3.8) is 0 Å². The van der Waals surface area contributed by atoms with Crippen LogP contribution in [-0.2, 0) is 13.1 Å². The predicted octanol–water partition coefficient (Wildman–Crippen LogP) is 6.35. The Hall–Kier alpha value is -3.48. The largest absolute Gasteiger partial charge is 0.362 e. The van der Waals surface area contributed by atoms with E-state index < -0.39 is 0 Å². The van der Waals surface area contributed by atoms with Crippen LogP contribution in [0.5, 0.6) is 0 Å². The minimum absolute atomic E-state index is 0.429. The van der Waals surface area contributed by atoms with Crippen molar-refractivity contribution in [3.8, 4) is 0 Å². The minimum atomic E-state index is 0.429. The van der Waals surface area contributed by atoms with Crippen LogP contribution in [-0.4, -0.2) is 54.1 Å². The lowest BCUT2D eigenvalue weighted by Crippen LogP contribution is -2.41. The number of para-hydroxylation sites is 1. The predicted molar refractivity (Wildman–Crippen MR) is 168 cm³/mol. The molecule has 1 atom stereocenters. The van der Waals surface area contributed by atoms with E-state index in [0.717, 1.165) is 67.6 Å². The van der Waals surface area contributed by atoms with Crippen LogP contribution in [0, 0.1) is 5.92 Å². The number of benzene rings is 3. The van der Waals surface area contributed by atoms with Crippen LogP contribution in [0.2, 0.25) is 0 Å². The zero-order chi connectivity index (χ0) is 27.7. The van der Waals surface area contributed by atoms with Crippen LogP contribution < -0.4 is 15.5 Å². The molecule has 1 saturated carbocycles. The Kier molecular flexibility index (Phi) is 9.63. The topological polar surface area (TPSA) is 56.3 Å². The molecule has 6 nitrogen and oxygen atoms in total. The minimum Gasteiger partial charge on any atom is -0.362 e. The number of rotatable bonds is 12. The van der Waals surface area contributed by atoms with Crippen LogP contribution in [0.1, 0.15) is 43.7 Å². The number of hydrogen-bond donors (Lipinski definition) is 2. The fraction of sp³-hybridized carbons (Fsp3) is 0.412. The number of nitrogens with one attached hydrogen (secondary N) is 2. The second kappa shape index (κ2) is 13.7. The normalized spacial score (nSPS) is 18.1. The van der Waals surface area contributed by atoms with Gasteiger partial charge in [0.15, 0.2) is 0 Å². The third-order valence-corrected chi connectivity index (χ3v) is 8.14. The number of fused-ring (bicyclic) bond motifs is 1. The fourth-order valence-electron chi connectivity index (χ4n) is 5.79.